The van der Waals surface area contributed by atoms with Crippen LogP contribution < -0.4 is 0 Å². The van der Waals surface area contributed by atoms with Gasteiger partial charge < -0.3 is 0 Å². The number of hydrogen-bond acceptors (Lipinski definition) is 1. The second-order valence-electron chi connectivity index (χ2n) is 3.28. The summed E-state index contributed by atoms with van der Waals surface area (Å²) in [5.74, 6) is 1.31. The SMILES string of the molecule is ClCCN(CCCl)Cc1cccc(I)c1. The van der Waals surface area contributed by atoms with E-state index in [0.717, 1.165) is 19.6 Å². The molecule has 0 saturated carbocycles. The fraction of sp³-hybridized carbons (Fsp3) is 0.455. The Morgan fingerprint density at radius 2 is 1.80 bits per heavy atom. The zero-order chi connectivity index (χ0) is 11.1. The standard InChI is InChI=1S/C11H14Cl2IN/c12-4-6-15(7-5-13)9-10-2-1-3-11(14)8-10/h1-3,8H,4-7,9H2. The van der Waals surface area contributed by atoms with Gasteiger partial charge in [0.05, 0.1) is 0 Å². The lowest BCUT2D eigenvalue weighted by Gasteiger charge is -2.19. The molecular weight excluding hydrogens is 344 g/mol. The molecule has 0 N–H and O–H groups in total. The van der Waals surface area contributed by atoms with Crippen molar-refractivity contribution in [1.29, 1.82) is 0 Å². The molecular formula is C11H14Cl2IN. The van der Waals surface area contributed by atoms with E-state index in [9.17, 15) is 0 Å². The third-order valence-corrected chi connectivity index (χ3v) is 3.11. The van der Waals surface area contributed by atoms with Crippen molar-refractivity contribution < 1.29 is 0 Å². The summed E-state index contributed by atoms with van der Waals surface area (Å²) in [6.45, 7) is 2.70. The van der Waals surface area contributed by atoms with E-state index in [1.54, 1.807) is 0 Å². The molecule has 0 aliphatic carbocycles. The van der Waals surface area contributed by atoms with Crippen LogP contribution in [0, 0.1) is 3.57 Å². The zero-order valence-electron chi connectivity index (χ0n) is 8.43. The van der Waals surface area contributed by atoms with Crippen LogP contribution in [0.15, 0.2) is 24.3 Å². The van der Waals surface area contributed by atoms with E-state index in [-0.39, 0.29) is 0 Å². The fourth-order valence-electron chi connectivity index (χ4n) is 1.40. The van der Waals surface area contributed by atoms with E-state index in [0.29, 0.717) is 11.8 Å². The third kappa shape index (κ3) is 5.38. The first-order chi connectivity index (χ1) is 7.26. The predicted octanol–water partition coefficient (Wildman–Crippen LogP) is 3.57. The smallest absolute Gasteiger partial charge is 0.0351 e. The van der Waals surface area contributed by atoms with Gasteiger partial charge in [-0.25, -0.2) is 0 Å². The van der Waals surface area contributed by atoms with Gasteiger partial charge in [0.1, 0.15) is 0 Å². The molecule has 84 valence electrons. The number of halogens is 3. The molecule has 4 heteroatoms. The normalized spacial score (nSPS) is 10.9. The average Bonchev–Trinajstić information content (AvgIpc) is 2.18. The first kappa shape index (κ1) is 13.6. The van der Waals surface area contributed by atoms with Crippen molar-refractivity contribution in [3.8, 4) is 0 Å². The molecule has 0 atom stereocenters. The lowest BCUT2D eigenvalue weighted by molar-refractivity contribution is 0.299. The van der Waals surface area contributed by atoms with Crippen LogP contribution in [-0.2, 0) is 6.54 Å². The number of nitrogens with zero attached hydrogens (tertiary/aromatic N) is 1. The number of benzene rings is 1. The Morgan fingerprint density at radius 3 is 2.33 bits per heavy atom. The maximum absolute atomic E-state index is 5.74. The van der Waals surface area contributed by atoms with E-state index in [4.69, 9.17) is 23.2 Å². The summed E-state index contributed by atoms with van der Waals surface area (Å²) in [5, 5.41) is 0. The van der Waals surface area contributed by atoms with Crippen LogP contribution in [0.3, 0.4) is 0 Å². The summed E-state index contributed by atoms with van der Waals surface area (Å²) in [7, 11) is 0. The topological polar surface area (TPSA) is 3.24 Å². The highest BCUT2D eigenvalue weighted by Gasteiger charge is 2.04. The molecule has 0 amide bonds. The van der Waals surface area contributed by atoms with Gasteiger partial charge in [0.15, 0.2) is 0 Å². The molecule has 0 radical (unpaired) electrons. The Hall–Kier alpha value is 0.490. The quantitative estimate of drug-likeness (QED) is 0.555. The van der Waals surface area contributed by atoms with Gasteiger partial charge >= 0.3 is 0 Å². The van der Waals surface area contributed by atoms with E-state index in [2.05, 4.69) is 51.8 Å². The molecule has 1 aromatic carbocycles. The van der Waals surface area contributed by atoms with Gasteiger partial charge in [-0.2, -0.15) is 0 Å². The van der Waals surface area contributed by atoms with E-state index >= 15 is 0 Å². The van der Waals surface area contributed by atoms with E-state index in [1.807, 2.05) is 0 Å². The molecule has 1 aromatic rings. The summed E-state index contributed by atoms with van der Waals surface area (Å²) in [4.78, 5) is 2.27. The number of rotatable bonds is 6. The van der Waals surface area contributed by atoms with E-state index in [1.165, 1.54) is 9.13 Å². The Labute approximate surface area is 115 Å². The lowest BCUT2D eigenvalue weighted by atomic mass is 10.2. The summed E-state index contributed by atoms with van der Waals surface area (Å²) < 4.78 is 1.27. The van der Waals surface area contributed by atoms with Crippen molar-refractivity contribution in [2.45, 2.75) is 6.54 Å². The van der Waals surface area contributed by atoms with Gasteiger partial charge in [-0.3, -0.25) is 4.90 Å². The largest absolute Gasteiger partial charge is 0.297 e. The van der Waals surface area contributed by atoms with Crippen LogP contribution >= 0.6 is 45.8 Å². The van der Waals surface area contributed by atoms with Crippen molar-refractivity contribution in [2.24, 2.45) is 0 Å². The van der Waals surface area contributed by atoms with Gasteiger partial charge in [-0.1, -0.05) is 12.1 Å². The number of alkyl halides is 2. The van der Waals surface area contributed by atoms with Gasteiger partial charge in [0.25, 0.3) is 0 Å². The Balaban J connectivity index is 2.56. The third-order valence-electron chi connectivity index (χ3n) is 2.10. The molecule has 0 unspecified atom stereocenters. The molecule has 0 spiro atoms. The van der Waals surface area contributed by atoms with Gasteiger partial charge in [0, 0.05) is 35.0 Å². The van der Waals surface area contributed by atoms with Gasteiger partial charge in [0.2, 0.25) is 0 Å². The van der Waals surface area contributed by atoms with Crippen LogP contribution in [0.2, 0.25) is 0 Å². The Bertz CT molecular complexity index is 288. The summed E-state index contributed by atoms with van der Waals surface area (Å²) in [5.41, 5.74) is 1.32. The lowest BCUT2D eigenvalue weighted by Crippen LogP contribution is -2.27. The molecule has 0 aliphatic rings. The molecule has 0 aromatic heterocycles. The second-order valence-corrected chi connectivity index (χ2v) is 5.29. The van der Waals surface area contributed by atoms with Crippen LogP contribution in [0.5, 0.6) is 0 Å². The summed E-state index contributed by atoms with van der Waals surface area (Å²) in [6.07, 6.45) is 0. The van der Waals surface area contributed by atoms with Crippen LogP contribution in [-0.4, -0.2) is 29.7 Å². The molecule has 1 rings (SSSR count). The highest BCUT2D eigenvalue weighted by atomic mass is 127. The zero-order valence-corrected chi connectivity index (χ0v) is 12.1. The minimum absolute atomic E-state index is 0.654. The molecule has 0 heterocycles. The summed E-state index contributed by atoms with van der Waals surface area (Å²) >= 11 is 13.8. The van der Waals surface area contributed by atoms with Crippen molar-refractivity contribution in [1.82, 2.24) is 4.90 Å². The maximum atomic E-state index is 5.74. The van der Waals surface area contributed by atoms with Crippen LogP contribution in [0.4, 0.5) is 0 Å². The molecule has 0 saturated heterocycles. The van der Waals surface area contributed by atoms with Crippen molar-refractivity contribution in [3.63, 3.8) is 0 Å². The first-order valence-corrected chi connectivity index (χ1v) is 6.99. The van der Waals surface area contributed by atoms with Gasteiger partial charge in [-0.05, 0) is 40.3 Å². The van der Waals surface area contributed by atoms with Crippen molar-refractivity contribution >= 4 is 45.8 Å². The second kappa shape index (κ2) is 7.71. The van der Waals surface area contributed by atoms with Crippen LogP contribution in [0.25, 0.3) is 0 Å². The minimum Gasteiger partial charge on any atom is -0.297 e. The van der Waals surface area contributed by atoms with E-state index < -0.39 is 0 Å². The molecule has 1 nitrogen and oxygen atoms in total. The molecule has 0 bridgehead atoms. The minimum atomic E-state index is 0.654. The van der Waals surface area contributed by atoms with Crippen molar-refractivity contribution in [3.05, 3.63) is 33.4 Å². The predicted molar refractivity (Wildman–Crippen MR) is 75.9 cm³/mol. The Kier molecular flexibility index (Phi) is 6.97. The van der Waals surface area contributed by atoms with Gasteiger partial charge in [-0.15, -0.1) is 23.2 Å². The molecule has 0 aliphatic heterocycles. The van der Waals surface area contributed by atoms with Crippen molar-refractivity contribution in [2.75, 3.05) is 24.8 Å². The summed E-state index contributed by atoms with van der Waals surface area (Å²) in [6, 6.07) is 8.50. The maximum Gasteiger partial charge on any atom is 0.0351 e. The highest BCUT2D eigenvalue weighted by Crippen LogP contribution is 2.10. The molecule has 0 fully saturated rings. The van der Waals surface area contributed by atoms with Crippen LogP contribution in [0.1, 0.15) is 5.56 Å². The average molecular weight is 358 g/mol. The highest BCUT2D eigenvalue weighted by molar-refractivity contribution is 14.1. The first-order valence-electron chi connectivity index (χ1n) is 4.85. The fourth-order valence-corrected chi connectivity index (χ4v) is 2.49. The molecule has 15 heavy (non-hydrogen) atoms. The monoisotopic (exact) mass is 357 g/mol. The Morgan fingerprint density at radius 1 is 1.13 bits per heavy atom. The number of hydrogen-bond donors (Lipinski definition) is 0.